The molecule has 0 heterocycles. The molecule has 7 nitrogen and oxygen atoms in total. The van der Waals surface area contributed by atoms with Crippen LogP contribution in [0.1, 0.15) is 6.92 Å². The Morgan fingerprint density at radius 3 is 1.43 bits per heavy atom. The fourth-order valence-corrected chi connectivity index (χ4v) is 0. The minimum atomic E-state index is -5.17. The van der Waals surface area contributed by atoms with Gasteiger partial charge in [0.2, 0.25) is 0 Å². The number of rotatable bonds is 1. The maximum Gasteiger partial charge on any atom is 2.00 e. The van der Waals surface area contributed by atoms with Crippen LogP contribution in [0.4, 0.5) is 0 Å². The largest absolute Gasteiger partial charge is 2.00 e. The van der Waals surface area contributed by atoms with Gasteiger partial charge in [-0.05, 0) is 6.92 Å². The maximum atomic E-state index is 9.45. The van der Waals surface area contributed by atoms with Gasteiger partial charge in [0.05, 0.1) is 0 Å². The molecule has 0 aliphatic carbocycles. The molecule has 0 aromatic heterocycles. The average Bonchev–Trinajstić information content (AvgIpc) is 1.59. The molecule has 0 bridgehead atoms. The Morgan fingerprint density at radius 2 is 1.43 bits per heavy atom. The number of halogens is 1. The first-order valence-electron chi connectivity index (χ1n) is 2.22. The monoisotopic (exact) mass is 284 g/mol. The zero-order valence-electron chi connectivity index (χ0n) is 7.51. The molecule has 0 aliphatic heterocycles. The number of hydrogen-bond donors (Lipinski definition) is 2. The molecular formula is C3H6CaClNaO7S. The summed E-state index contributed by atoms with van der Waals surface area (Å²) < 4.78 is 34.1. The van der Waals surface area contributed by atoms with Crippen LogP contribution in [0.15, 0.2) is 0 Å². The van der Waals surface area contributed by atoms with Gasteiger partial charge in [0.25, 0.3) is 0 Å². The SMILES string of the molecule is CC(O)C(=O)O.O=S(=O)([O-])[O-].[Ca+2].[Cl-].[Na+]. The smallest absolute Gasteiger partial charge is 1.00 e. The number of carboxylic acid groups (broad SMARTS) is 1. The van der Waals surface area contributed by atoms with Crippen molar-refractivity contribution in [1.82, 2.24) is 0 Å². The molecule has 0 spiro atoms. The number of aliphatic hydroxyl groups is 1. The fraction of sp³-hybridized carbons (Fsp3) is 0.667. The van der Waals surface area contributed by atoms with Crippen molar-refractivity contribution >= 4 is 54.1 Å². The van der Waals surface area contributed by atoms with E-state index >= 15 is 0 Å². The van der Waals surface area contributed by atoms with Crippen LogP contribution in [0.2, 0.25) is 0 Å². The molecule has 1 atom stereocenters. The summed E-state index contributed by atoms with van der Waals surface area (Å²) in [5.74, 6) is -1.19. The van der Waals surface area contributed by atoms with Crippen molar-refractivity contribution in [3.63, 3.8) is 0 Å². The molecule has 0 saturated heterocycles. The Hall–Kier alpha value is 1.85. The zero-order valence-corrected chi connectivity index (χ0v) is 13.3. The molecule has 0 saturated carbocycles. The third-order valence-electron chi connectivity index (χ3n) is 0.357. The Bertz CT molecular complexity index is 209. The van der Waals surface area contributed by atoms with E-state index in [1.54, 1.807) is 0 Å². The van der Waals surface area contributed by atoms with Crippen molar-refractivity contribution in [2.24, 2.45) is 0 Å². The Labute approximate surface area is 140 Å². The molecule has 2 N–H and O–H groups in total. The van der Waals surface area contributed by atoms with Gasteiger partial charge in [-0.2, -0.15) is 0 Å². The first-order chi connectivity index (χ1) is 4.64. The summed E-state index contributed by atoms with van der Waals surface area (Å²) in [6.07, 6.45) is -1.23. The Kier molecular flexibility index (Phi) is 31.5. The van der Waals surface area contributed by atoms with Gasteiger partial charge in [-0.25, -0.2) is 4.79 Å². The molecule has 0 aliphatic rings. The number of aliphatic hydroxyl groups excluding tert-OH is 1. The van der Waals surface area contributed by atoms with Crippen molar-refractivity contribution in [2.45, 2.75) is 13.0 Å². The van der Waals surface area contributed by atoms with Crippen LogP contribution in [0.3, 0.4) is 0 Å². The van der Waals surface area contributed by atoms with Gasteiger partial charge < -0.3 is 31.7 Å². The molecule has 0 aromatic carbocycles. The van der Waals surface area contributed by atoms with E-state index in [4.69, 9.17) is 27.7 Å². The standard InChI is InChI=1S/C3H6O3.Ca.ClH.Na.H2O4S/c1-2(4)3(5)6;;;;1-5(2,3)4/h2,4H,1H3,(H,5,6);;1H;;(H2,1,2,3,4)/q;+2;;+1;/p-3. The summed E-state index contributed by atoms with van der Waals surface area (Å²) in [5, 5.41) is 15.8. The number of hydrogen-bond acceptors (Lipinski definition) is 6. The summed E-state index contributed by atoms with van der Waals surface area (Å²) in [4.78, 5) is 9.45. The summed E-state index contributed by atoms with van der Waals surface area (Å²) >= 11 is 0. The van der Waals surface area contributed by atoms with Gasteiger partial charge in [-0.1, -0.05) is 0 Å². The van der Waals surface area contributed by atoms with Gasteiger partial charge in [-0.15, -0.1) is 0 Å². The van der Waals surface area contributed by atoms with Crippen molar-refractivity contribution < 1.29 is 74.5 Å². The van der Waals surface area contributed by atoms with Crippen LogP contribution < -0.4 is 42.0 Å². The van der Waals surface area contributed by atoms with E-state index in [2.05, 4.69) is 0 Å². The number of carboxylic acids is 1. The molecule has 76 valence electrons. The van der Waals surface area contributed by atoms with Crippen LogP contribution >= 0.6 is 0 Å². The quantitative estimate of drug-likeness (QED) is 0.277. The molecule has 0 amide bonds. The normalized spacial score (nSPS) is 10.0. The maximum absolute atomic E-state index is 9.45. The van der Waals surface area contributed by atoms with E-state index in [0.29, 0.717) is 0 Å². The topological polar surface area (TPSA) is 138 Å². The molecule has 0 rings (SSSR count). The van der Waals surface area contributed by atoms with Gasteiger partial charge in [-0.3, -0.25) is 8.42 Å². The van der Waals surface area contributed by atoms with Crippen molar-refractivity contribution in [2.75, 3.05) is 0 Å². The zero-order chi connectivity index (χ0) is 9.65. The number of aliphatic carboxylic acids is 1. The Morgan fingerprint density at radius 1 is 1.36 bits per heavy atom. The molecule has 14 heavy (non-hydrogen) atoms. The van der Waals surface area contributed by atoms with Crippen LogP contribution in [0.5, 0.6) is 0 Å². The minimum Gasteiger partial charge on any atom is -1.00 e. The average molecular weight is 285 g/mol. The predicted octanol–water partition coefficient (Wildman–Crippen LogP) is -8.26. The fourth-order valence-electron chi connectivity index (χ4n) is 0. The van der Waals surface area contributed by atoms with Crippen molar-refractivity contribution in [1.29, 1.82) is 0 Å². The van der Waals surface area contributed by atoms with Crippen molar-refractivity contribution in [3.8, 4) is 0 Å². The second-order valence-electron chi connectivity index (χ2n) is 1.42. The summed E-state index contributed by atoms with van der Waals surface area (Å²) in [6, 6.07) is 0. The summed E-state index contributed by atoms with van der Waals surface area (Å²) in [6.45, 7) is 1.20. The van der Waals surface area contributed by atoms with E-state index in [1.165, 1.54) is 6.92 Å². The molecular weight excluding hydrogens is 279 g/mol. The Balaban J connectivity index is -0.0000000321. The van der Waals surface area contributed by atoms with Crippen LogP contribution in [-0.2, 0) is 15.2 Å². The van der Waals surface area contributed by atoms with Gasteiger partial charge >= 0.3 is 73.3 Å². The third-order valence-corrected chi connectivity index (χ3v) is 0.357. The van der Waals surface area contributed by atoms with E-state index in [0.717, 1.165) is 0 Å². The second kappa shape index (κ2) is 14.8. The van der Waals surface area contributed by atoms with E-state index in [9.17, 15) is 4.79 Å². The van der Waals surface area contributed by atoms with Gasteiger partial charge in [0, 0.05) is 10.4 Å². The van der Waals surface area contributed by atoms with Gasteiger partial charge in [0.15, 0.2) is 0 Å². The first-order valence-corrected chi connectivity index (χ1v) is 3.55. The molecule has 1 unspecified atom stereocenters. The molecule has 0 fully saturated rings. The molecule has 0 radical (unpaired) electrons. The molecule has 0 aromatic rings. The number of carbonyl (C=O) groups is 1. The third kappa shape index (κ3) is 66.8. The summed E-state index contributed by atoms with van der Waals surface area (Å²) in [7, 11) is -5.17. The van der Waals surface area contributed by atoms with E-state index < -0.39 is 22.5 Å². The van der Waals surface area contributed by atoms with Crippen LogP contribution in [0.25, 0.3) is 0 Å². The molecule has 11 heteroatoms. The van der Waals surface area contributed by atoms with Gasteiger partial charge in [0.1, 0.15) is 6.10 Å². The summed E-state index contributed by atoms with van der Waals surface area (Å²) in [5.41, 5.74) is 0. The van der Waals surface area contributed by atoms with E-state index in [1.807, 2.05) is 0 Å². The van der Waals surface area contributed by atoms with Crippen molar-refractivity contribution in [3.05, 3.63) is 0 Å². The van der Waals surface area contributed by atoms with E-state index in [-0.39, 0.29) is 79.7 Å². The first kappa shape index (κ1) is 29.7. The minimum absolute atomic E-state index is 0. The van der Waals surface area contributed by atoms with Crippen LogP contribution in [0, 0.1) is 0 Å². The second-order valence-corrected chi connectivity index (χ2v) is 2.24. The van der Waals surface area contributed by atoms with Crippen LogP contribution in [-0.4, -0.2) is 77.5 Å². The predicted molar refractivity (Wildman–Crippen MR) is 35.5 cm³/mol.